The van der Waals surface area contributed by atoms with Crippen LogP contribution in [0.25, 0.3) is 0 Å². The summed E-state index contributed by atoms with van der Waals surface area (Å²) >= 11 is 0. The molecule has 0 radical (unpaired) electrons. The number of hydrogen-bond acceptors (Lipinski definition) is 3. The molecule has 1 fully saturated rings. The van der Waals surface area contributed by atoms with Gasteiger partial charge in [0.1, 0.15) is 5.75 Å². The highest BCUT2D eigenvalue weighted by molar-refractivity contribution is 5.77. The number of rotatable bonds is 6. The average Bonchev–Trinajstić information content (AvgIpc) is 2.54. The van der Waals surface area contributed by atoms with Gasteiger partial charge in [0.05, 0.1) is 7.11 Å². The maximum absolute atomic E-state index is 12.5. The summed E-state index contributed by atoms with van der Waals surface area (Å²) in [7, 11) is 5.88. The first-order valence-electron chi connectivity index (χ1n) is 8.61. The molecule has 2 rings (SSSR count). The molecule has 3 unspecified atom stereocenters. The van der Waals surface area contributed by atoms with Gasteiger partial charge in [-0.25, -0.2) is 0 Å². The molecular weight excluding hydrogens is 288 g/mol. The van der Waals surface area contributed by atoms with E-state index in [2.05, 4.69) is 31.2 Å². The molecule has 1 aliphatic carbocycles. The molecule has 0 aromatic heterocycles. The Morgan fingerprint density at radius 3 is 2.70 bits per heavy atom. The first kappa shape index (κ1) is 17.8. The standard InChI is InChI=1S/C19H30N2O2/c1-14(15-9-5-8-12-18(15)23-4)13-19(22)20-16-10-6-7-11-17(16)21(2)3/h5,8-9,12,14,16-17H,6-7,10-11,13H2,1-4H3,(H,20,22). The minimum atomic E-state index is 0.141. The molecular formula is C19H30N2O2. The lowest BCUT2D eigenvalue weighted by atomic mass is 9.89. The summed E-state index contributed by atoms with van der Waals surface area (Å²) in [5.41, 5.74) is 1.10. The summed E-state index contributed by atoms with van der Waals surface area (Å²) < 4.78 is 5.41. The molecule has 0 heterocycles. The topological polar surface area (TPSA) is 41.6 Å². The lowest BCUT2D eigenvalue weighted by Crippen LogP contribution is -2.51. The summed E-state index contributed by atoms with van der Waals surface area (Å²) in [6.45, 7) is 2.09. The van der Waals surface area contributed by atoms with Crippen molar-refractivity contribution in [2.75, 3.05) is 21.2 Å². The quantitative estimate of drug-likeness (QED) is 0.876. The van der Waals surface area contributed by atoms with Crippen LogP contribution in [0.2, 0.25) is 0 Å². The van der Waals surface area contributed by atoms with E-state index in [1.807, 2.05) is 24.3 Å². The van der Waals surface area contributed by atoms with Gasteiger partial charge in [-0.15, -0.1) is 0 Å². The average molecular weight is 318 g/mol. The van der Waals surface area contributed by atoms with Crippen LogP contribution >= 0.6 is 0 Å². The van der Waals surface area contributed by atoms with Gasteiger partial charge in [0.2, 0.25) is 5.91 Å². The summed E-state index contributed by atoms with van der Waals surface area (Å²) in [6, 6.07) is 8.67. The fourth-order valence-electron chi connectivity index (χ4n) is 3.63. The number of nitrogens with zero attached hydrogens (tertiary/aromatic N) is 1. The van der Waals surface area contributed by atoms with Crippen LogP contribution in [0.5, 0.6) is 5.75 Å². The van der Waals surface area contributed by atoms with Gasteiger partial charge in [-0.1, -0.05) is 38.0 Å². The zero-order valence-corrected chi connectivity index (χ0v) is 14.8. The van der Waals surface area contributed by atoms with E-state index in [9.17, 15) is 4.79 Å². The van der Waals surface area contributed by atoms with E-state index < -0.39 is 0 Å². The minimum Gasteiger partial charge on any atom is -0.496 e. The summed E-state index contributed by atoms with van der Waals surface area (Å²) in [4.78, 5) is 14.7. The molecule has 4 heteroatoms. The Bertz CT molecular complexity index is 516. The molecule has 128 valence electrons. The normalized spacial score (nSPS) is 22.7. The van der Waals surface area contributed by atoms with Gasteiger partial charge in [0.15, 0.2) is 0 Å². The maximum Gasteiger partial charge on any atom is 0.220 e. The number of benzene rings is 1. The van der Waals surface area contributed by atoms with Gasteiger partial charge >= 0.3 is 0 Å². The van der Waals surface area contributed by atoms with Crippen LogP contribution < -0.4 is 10.1 Å². The number of hydrogen-bond donors (Lipinski definition) is 1. The molecule has 1 amide bonds. The zero-order chi connectivity index (χ0) is 16.8. The van der Waals surface area contributed by atoms with Gasteiger partial charge in [-0.05, 0) is 44.5 Å². The molecule has 4 nitrogen and oxygen atoms in total. The monoisotopic (exact) mass is 318 g/mol. The molecule has 0 saturated heterocycles. The number of likely N-dealkylation sites (N-methyl/N-ethyl adjacent to an activating group) is 1. The predicted molar refractivity (Wildman–Crippen MR) is 93.9 cm³/mol. The van der Waals surface area contributed by atoms with Gasteiger partial charge < -0.3 is 15.0 Å². The van der Waals surface area contributed by atoms with E-state index in [1.165, 1.54) is 19.3 Å². The highest BCUT2D eigenvalue weighted by Gasteiger charge is 2.28. The summed E-state index contributed by atoms with van der Waals surface area (Å²) in [6.07, 6.45) is 5.21. The number of amides is 1. The Morgan fingerprint density at radius 2 is 2.00 bits per heavy atom. The molecule has 3 atom stereocenters. The van der Waals surface area contributed by atoms with E-state index in [-0.39, 0.29) is 17.9 Å². The third kappa shape index (κ3) is 4.71. The molecule has 1 saturated carbocycles. The van der Waals surface area contributed by atoms with Crippen molar-refractivity contribution in [1.82, 2.24) is 10.2 Å². The van der Waals surface area contributed by atoms with Crippen molar-refractivity contribution in [2.45, 2.75) is 57.0 Å². The molecule has 0 aliphatic heterocycles. The van der Waals surface area contributed by atoms with E-state index >= 15 is 0 Å². The van der Waals surface area contributed by atoms with Crippen LogP contribution in [0.4, 0.5) is 0 Å². The molecule has 1 aliphatic rings. The van der Waals surface area contributed by atoms with E-state index in [0.717, 1.165) is 17.7 Å². The second kappa shape index (κ2) is 8.34. The van der Waals surface area contributed by atoms with Crippen molar-refractivity contribution in [1.29, 1.82) is 0 Å². The number of methoxy groups -OCH3 is 1. The lowest BCUT2D eigenvalue weighted by Gasteiger charge is -2.36. The van der Waals surface area contributed by atoms with Crippen LogP contribution in [0.3, 0.4) is 0 Å². The Kier molecular flexibility index (Phi) is 6.46. The van der Waals surface area contributed by atoms with Crippen molar-refractivity contribution < 1.29 is 9.53 Å². The highest BCUT2D eigenvalue weighted by Crippen LogP contribution is 2.28. The van der Waals surface area contributed by atoms with Crippen molar-refractivity contribution in [2.24, 2.45) is 0 Å². The third-order valence-electron chi connectivity index (χ3n) is 4.90. The Balaban J connectivity index is 1.95. The number of carbonyl (C=O) groups is 1. The number of para-hydroxylation sites is 1. The highest BCUT2D eigenvalue weighted by atomic mass is 16.5. The van der Waals surface area contributed by atoms with Gasteiger partial charge in [0.25, 0.3) is 0 Å². The first-order valence-corrected chi connectivity index (χ1v) is 8.61. The zero-order valence-electron chi connectivity index (χ0n) is 14.8. The summed E-state index contributed by atoms with van der Waals surface area (Å²) in [5, 5.41) is 3.27. The van der Waals surface area contributed by atoms with Crippen molar-refractivity contribution in [3.05, 3.63) is 29.8 Å². The van der Waals surface area contributed by atoms with Crippen molar-refractivity contribution in [3.8, 4) is 5.75 Å². The lowest BCUT2D eigenvalue weighted by molar-refractivity contribution is -0.122. The van der Waals surface area contributed by atoms with Crippen LogP contribution in [-0.2, 0) is 4.79 Å². The Hall–Kier alpha value is -1.55. The molecule has 0 bridgehead atoms. The predicted octanol–water partition coefficient (Wildman–Crippen LogP) is 3.18. The number of nitrogens with one attached hydrogen (secondary N) is 1. The fraction of sp³-hybridized carbons (Fsp3) is 0.632. The SMILES string of the molecule is COc1ccccc1C(C)CC(=O)NC1CCCCC1N(C)C. The molecule has 1 aromatic carbocycles. The molecule has 1 N–H and O–H groups in total. The Labute approximate surface area is 140 Å². The maximum atomic E-state index is 12.5. The van der Waals surface area contributed by atoms with Gasteiger partial charge in [-0.3, -0.25) is 4.79 Å². The number of carbonyl (C=O) groups excluding carboxylic acids is 1. The van der Waals surface area contributed by atoms with Crippen LogP contribution in [0.15, 0.2) is 24.3 Å². The first-order chi connectivity index (χ1) is 11.0. The second-order valence-electron chi connectivity index (χ2n) is 6.84. The van der Waals surface area contributed by atoms with Crippen molar-refractivity contribution in [3.63, 3.8) is 0 Å². The van der Waals surface area contributed by atoms with Crippen LogP contribution in [0.1, 0.15) is 50.5 Å². The van der Waals surface area contributed by atoms with E-state index in [4.69, 9.17) is 4.74 Å². The van der Waals surface area contributed by atoms with Crippen LogP contribution in [-0.4, -0.2) is 44.1 Å². The van der Waals surface area contributed by atoms with Crippen molar-refractivity contribution >= 4 is 5.91 Å². The Morgan fingerprint density at radius 1 is 1.30 bits per heavy atom. The minimum absolute atomic E-state index is 0.141. The van der Waals surface area contributed by atoms with Gasteiger partial charge in [-0.2, -0.15) is 0 Å². The van der Waals surface area contributed by atoms with E-state index in [1.54, 1.807) is 7.11 Å². The van der Waals surface area contributed by atoms with Gasteiger partial charge in [0, 0.05) is 18.5 Å². The summed E-state index contributed by atoms with van der Waals surface area (Å²) in [5.74, 6) is 1.14. The van der Waals surface area contributed by atoms with Crippen LogP contribution in [0, 0.1) is 0 Å². The molecule has 0 spiro atoms. The molecule has 1 aromatic rings. The fourth-order valence-corrected chi connectivity index (χ4v) is 3.63. The third-order valence-corrected chi connectivity index (χ3v) is 4.90. The smallest absolute Gasteiger partial charge is 0.220 e. The number of ether oxygens (including phenoxy) is 1. The van der Waals surface area contributed by atoms with E-state index in [0.29, 0.717) is 12.5 Å². The second-order valence-corrected chi connectivity index (χ2v) is 6.84. The largest absolute Gasteiger partial charge is 0.496 e. The molecule has 23 heavy (non-hydrogen) atoms.